The van der Waals surface area contributed by atoms with Crippen LogP contribution in [0.4, 0.5) is 0 Å². The average Bonchev–Trinajstić information content (AvgIpc) is 2.52. The van der Waals surface area contributed by atoms with E-state index in [9.17, 15) is 9.59 Å². The Balaban J connectivity index is 2.00. The number of nitrogens with one attached hydrogen (secondary N) is 2. The minimum atomic E-state index is -0.846. The third-order valence-electron chi connectivity index (χ3n) is 3.79. The molecule has 1 saturated heterocycles. The Morgan fingerprint density at radius 2 is 2.05 bits per heavy atom. The molecule has 2 unspecified atom stereocenters. The fourth-order valence-corrected chi connectivity index (χ4v) is 2.62. The van der Waals surface area contributed by atoms with Gasteiger partial charge in [-0.3, -0.25) is 9.59 Å². The van der Waals surface area contributed by atoms with Gasteiger partial charge in [-0.15, -0.1) is 0 Å². The number of aliphatic carboxylic acids is 1. The third-order valence-corrected chi connectivity index (χ3v) is 3.79. The molecule has 0 aliphatic carbocycles. The molecule has 1 aromatic rings. The molecule has 1 aliphatic rings. The van der Waals surface area contributed by atoms with Gasteiger partial charge in [0.25, 0.3) is 0 Å². The van der Waals surface area contributed by atoms with Crippen LogP contribution >= 0.6 is 0 Å². The van der Waals surface area contributed by atoms with Crippen LogP contribution in [0, 0.1) is 0 Å². The number of carbonyl (C=O) groups is 2. The van der Waals surface area contributed by atoms with Crippen molar-refractivity contribution in [3.63, 3.8) is 0 Å². The highest BCUT2D eigenvalue weighted by atomic mass is 16.4. The van der Waals surface area contributed by atoms with E-state index in [4.69, 9.17) is 5.11 Å². The lowest BCUT2D eigenvalue weighted by atomic mass is 9.99. The maximum absolute atomic E-state index is 12.3. The van der Waals surface area contributed by atoms with Crippen LogP contribution in [0.5, 0.6) is 0 Å². The van der Waals surface area contributed by atoms with Crippen molar-refractivity contribution in [1.82, 2.24) is 10.6 Å². The summed E-state index contributed by atoms with van der Waals surface area (Å²) in [6.45, 7) is 0.864. The maximum Gasteiger partial charge on any atom is 0.303 e. The van der Waals surface area contributed by atoms with E-state index >= 15 is 0 Å². The molecule has 0 radical (unpaired) electrons. The van der Waals surface area contributed by atoms with Crippen LogP contribution in [0.2, 0.25) is 0 Å². The van der Waals surface area contributed by atoms with Crippen molar-refractivity contribution < 1.29 is 14.7 Å². The zero-order chi connectivity index (χ0) is 15.1. The van der Waals surface area contributed by atoms with Crippen LogP contribution in [0.25, 0.3) is 0 Å². The highest BCUT2D eigenvalue weighted by Gasteiger charge is 2.23. The predicted octanol–water partition coefficient (Wildman–Crippen LogP) is 1.85. The summed E-state index contributed by atoms with van der Waals surface area (Å²) in [5.74, 6) is -0.880. The first kappa shape index (κ1) is 15.5. The third kappa shape index (κ3) is 4.86. The Morgan fingerprint density at radius 3 is 2.67 bits per heavy atom. The summed E-state index contributed by atoms with van der Waals surface area (Å²) in [6, 6.07) is 9.13. The number of hydrogen-bond donors (Lipinski definition) is 3. The highest BCUT2D eigenvalue weighted by Crippen LogP contribution is 2.19. The van der Waals surface area contributed by atoms with Crippen molar-refractivity contribution in [1.29, 1.82) is 0 Å². The first-order valence-corrected chi connectivity index (χ1v) is 7.47. The minimum Gasteiger partial charge on any atom is -0.481 e. The molecule has 5 nitrogen and oxygen atoms in total. The molecule has 1 heterocycles. The van der Waals surface area contributed by atoms with Crippen molar-refractivity contribution in [3.8, 4) is 0 Å². The monoisotopic (exact) mass is 290 g/mol. The lowest BCUT2D eigenvalue weighted by molar-refractivity contribution is -0.137. The van der Waals surface area contributed by atoms with Crippen molar-refractivity contribution >= 4 is 11.9 Å². The summed E-state index contributed by atoms with van der Waals surface area (Å²) in [5.41, 5.74) is 0.947. The van der Waals surface area contributed by atoms with E-state index in [1.54, 1.807) is 0 Å². The van der Waals surface area contributed by atoms with Gasteiger partial charge >= 0.3 is 5.97 Å². The molecular formula is C16H22N2O3. The first-order valence-electron chi connectivity index (χ1n) is 7.47. The summed E-state index contributed by atoms with van der Waals surface area (Å²) in [6.07, 6.45) is 3.43. The molecule has 1 aromatic carbocycles. The van der Waals surface area contributed by atoms with Gasteiger partial charge in [0.05, 0.1) is 12.1 Å². The Hall–Kier alpha value is -1.88. The van der Waals surface area contributed by atoms with Crippen LogP contribution in [0.15, 0.2) is 30.3 Å². The normalized spacial score (nSPS) is 19.7. The molecule has 114 valence electrons. The van der Waals surface area contributed by atoms with Gasteiger partial charge < -0.3 is 15.7 Å². The molecule has 21 heavy (non-hydrogen) atoms. The molecule has 0 saturated carbocycles. The molecule has 2 atom stereocenters. The van der Waals surface area contributed by atoms with Crippen LogP contribution in [0.1, 0.15) is 43.7 Å². The largest absolute Gasteiger partial charge is 0.481 e. The Labute approximate surface area is 124 Å². The van der Waals surface area contributed by atoms with Gasteiger partial charge in [0.1, 0.15) is 0 Å². The van der Waals surface area contributed by atoms with Crippen molar-refractivity contribution in [2.24, 2.45) is 0 Å². The second kappa shape index (κ2) is 7.78. The van der Waals surface area contributed by atoms with Gasteiger partial charge in [-0.1, -0.05) is 36.8 Å². The number of rotatable bonds is 6. The zero-order valence-corrected chi connectivity index (χ0v) is 12.0. The lowest BCUT2D eigenvalue weighted by Gasteiger charge is -2.26. The molecular weight excluding hydrogens is 268 g/mol. The number of piperidine rings is 1. The van der Waals surface area contributed by atoms with Crippen molar-refractivity contribution in [2.45, 2.75) is 44.2 Å². The second-order valence-corrected chi connectivity index (χ2v) is 5.41. The summed E-state index contributed by atoms with van der Waals surface area (Å²) in [5, 5.41) is 15.1. The van der Waals surface area contributed by atoms with Gasteiger partial charge in [-0.2, -0.15) is 0 Å². The van der Waals surface area contributed by atoms with Gasteiger partial charge in [0, 0.05) is 6.42 Å². The molecule has 0 spiro atoms. The molecule has 3 N–H and O–H groups in total. The molecule has 1 amide bonds. The molecule has 2 rings (SSSR count). The zero-order valence-electron chi connectivity index (χ0n) is 12.0. The van der Waals surface area contributed by atoms with Crippen LogP contribution < -0.4 is 10.6 Å². The van der Waals surface area contributed by atoms with Gasteiger partial charge in [0.2, 0.25) is 5.91 Å². The Morgan fingerprint density at radius 1 is 1.29 bits per heavy atom. The van der Waals surface area contributed by atoms with E-state index in [0.717, 1.165) is 31.4 Å². The van der Waals surface area contributed by atoms with Crippen molar-refractivity contribution in [3.05, 3.63) is 35.9 Å². The number of carboxylic acids is 1. The molecule has 1 fully saturated rings. The summed E-state index contributed by atoms with van der Waals surface area (Å²) in [4.78, 5) is 23.1. The summed E-state index contributed by atoms with van der Waals surface area (Å²) >= 11 is 0. The van der Waals surface area contributed by atoms with Crippen LogP contribution in [-0.2, 0) is 9.59 Å². The number of carboxylic acid groups (broad SMARTS) is 1. The van der Waals surface area contributed by atoms with Gasteiger partial charge in [0.15, 0.2) is 0 Å². The number of carbonyl (C=O) groups excluding carboxylic acids is 1. The minimum absolute atomic E-state index is 0.0334. The lowest BCUT2D eigenvalue weighted by Crippen LogP contribution is -2.47. The fourth-order valence-electron chi connectivity index (χ4n) is 2.62. The first-order chi connectivity index (χ1) is 10.2. The maximum atomic E-state index is 12.3. The quantitative estimate of drug-likeness (QED) is 0.747. The van der Waals surface area contributed by atoms with E-state index in [2.05, 4.69) is 10.6 Å². The highest BCUT2D eigenvalue weighted by molar-refractivity contribution is 5.82. The number of benzene rings is 1. The Bertz CT molecular complexity index is 470. The Kier molecular flexibility index (Phi) is 5.75. The SMILES string of the molecule is O=C(O)CCC(NC(=O)C1CCCCN1)c1ccccc1. The second-order valence-electron chi connectivity index (χ2n) is 5.41. The van der Waals surface area contributed by atoms with E-state index in [0.29, 0.717) is 6.42 Å². The molecule has 5 heteroatoms. The van der Waals surface area contributed by atoms with Crippen LogP contribution in [-0.4, -0.2) is 29.6 Å². The summed E-state index contributed by atoms with van der Waals surface area (Å²) in [7, 11) is 0. The van der Waals surface area contributed by atoms with E-state index in [1.807, 2.05) is 30.3 Å². The van der Waals surface area contributed by atoms with Crippen LogP contribution in [0.3, 0.4) is 0 Å². The molecule has 1 aliphatic heterocycles. The van der Waals surface area contributed by atoms with Crippen molar-refractivity contribution in [2.75, 3.05) is 6.54 Å². The standard InChI is InChI=1S/C16H22N2O3/c19-15(20)10-9-13(12-6-2-1-3-7-12)18-16(21)14-8-4-5-11-17-14/h1-3,6-7,13-14,17H,4-5,8-11H2,(H,18,21)(H,19,20). The van der Waals surface area contributed by atoms with E-state index in [-0.39, 0.29) is 24.4 Å². The molecule has 0 bridgehead atoms. The number of hydrogen-bond acceptors (Lipinski definition) is 3. The predicted molar refractivity (Wildman–Crippen MR) is 79.8 cm³/mol. The summed E-state index contributed by atoms with van der Waals surface area (Å²) < 4.78 is 0. The smallest absolute Gasteiger partial charge is 0.303 e. The van der Waals surface area contributed by atoms with E-state index < -0.39 is 5.97 Å². The fraction of sp³-hybridized carbons (Fsp3) is 0.500. The topological polar surface area (TPSA) is 78.4 Å². The number of amides is 1. The molecule has 0 aromatic heterocycles. The average molecular weight is 290 g/mol. The van der Waals surface area contributed by atoms with Gasteiger partial charge in [-0.25, -0.2) is 0 Å². The van der Waals surface area contributed by atoms with E-state index in [1.165, 1.54) is 0 Å². The van der Waals surface area contributed by atoms with Gasteiger partial charge in [-0.05, 0) is 31.4 Å².